The molecular formula is C15H13FN4O. The fourth-order valence-electron chi connectivity index (χ4n) is 1.77. The van der Waals surface area contributed by atoms with Gasteiger partial charge in [-0.25, -0.2) is 4.39 Å². The normalized spacial score (nSPS) is 9.76. The lowest BCUT2D eigenvalue weighted by Gasteiger charge is -2.08. The third kappa shape index (κ3) is 3.54. The van der Waals surface area contributed by atoms with Gasteiger partial charge in [-0.15, -0.1) is 0 Å². The summed E-state index contributed by atoms with van der Waals surface area (Å²) in [5.41, 5.74) is 1.30. The SMILES string of the molecule is CCNc1ccnc(C(=O)Nc2ccc(F)cc2C#N)c1. The van der Waals surface area contributed by atoms with Gasteiger partial charge < -0.3 is 10.6 Å². The minimum Gasteiger partial charge on any atom is -0.385 e. The lowest BCUT2D eigenvalue weighted by Crippen LogP contribution is -2.15. The lowest BCUT2D eigenvalue weighted by molar-refractivity contribution is 0.102. The highest BCUT2D eigenvalue weighted by atomic mass is 19.1. The fraction of sp³-hybridized carbons (Fsp3) is 0.133. The molecule has 1 amide bonds. The van der Waals surface area contributed by atoms with E-state index in [-0.39, 0.29) is 16.9 Å². The summed E-state index contributed by atoms with van der Waals surface area (Å²) in [7, 11) is 0. The molecule has 2 aromatic rings. The van der Waals surface area contributed by atoms with Crippen LogP contribution in [0, 0.1) is 17.1 Å². The van der Waals surface area contributed by atoms with Crippen molar-refractivity contribution in [2.75, 3.05) is 17.2 Å². The van der Waals surface area contributed by atoms with E-state index >= 15 is 0 Å². The van der Waals surface area contributed by atoms with Gasteiger partial charge >= 0.3 is 0 Å². The molecule has 0 bridgehead atoms. The van der Waals surface area contributed by atoms with Crippen LogP contribution >= 0.6 is 0 Å². The largest absolute Gasteiger partial charge is 0.385 e. The minimum atomic E-state index is -0.531. The quantitative estimate of drug-likeness (QED) is 0.905. The first-order valence-electron chi connectivity index (χ1n) is 6.35. The van der Waals surface area contributed by atoms with Crippen LogP contribution in [0.25, 0.3) is 0 Å². The molecule has 0 saturated heterocycles. The molecule has 0 fully saturated rings. The number of aromatic nitrogens is 1. The monoisotopic (exact) mass is 284 g/mol. The molecule has 2 N–H and O–H groups in total. The van der Waals surface area contributed by atoms with Crippen LogP contribution in [0.2, 0.25) is 0 Å². The lowest BCUT2D eigenvalue weighted by atomic mass is 10.2. The number of nitrogens with zero attached hydrogens (tertiary/aromatic N) is 2. The number of halogens is 1. The number of hydrogen-bond donors (Lipinski definition) is 2. The van der Waals surface area contributed by atoms with Gasteiger partial charge in [-0.2, -0.15) is 5.26 Å². The van der Waals surface area contributed by atoms with Crippen molar-refractivity contribution in [2.45, 2.75) is 6.92 Å². The van der Waals surface area contributed by atoms with Crippen molar-refractivity contribution in [2.24, 2.45) is 0 Å². The van der Waals surface area contributed by atoms with Crippen molar-refractivity contribution >= 4 is 17.3 Å². The highest BCUT2D eigenvalue weighted by Gasteiger charge is 2.11. The Bertz CT molecular complexity index is 709. The number of amides is 1. The molecule has 0 unspecified atom stereocenters. The summed E-state index contributed by atoms with van der Waals surface area (Å²) in [6, 6.07) is 8.79. The summed E-state index contributed by atoms with van der Waals surface area (Å²) in [5.74, 6) is -0.991. The summed E-state index contributed by atoms with van der Waals surface area (Å²) >= 11 is 0. The summed E-state index contributed by atoms with van der Waals surface area (Å²) < 4.78 is 13.0. The topological polar surface area (TPSA) is 77.8 Å². The number of nitrogens with one attached hydrogen (secondary N) is 2. The summed E-state index contributed by atoms with van der Waals surface area (Å²) in [6.45, 7) is 2.67. The average Bonchev–Trinajstić information content (AvgIpc) is 2.49. The van der Waals surface area contributed by atoms with Gasteiger partial charge in [0.25, 0.3) is 5.91 Å². The van der Waals surface area contributed by atoms with Gasteiger partial charge in [-0.1, -0.05) is 0 Å². The number of anilines is 2. The van der Waals surface area contributed by atoms with Crippen LogP contribution in [-0.2, 0) is 0 Å². The number of rotatable bonds is 4. The van der Waals surface area contributed by atoms with Crippen LogP contribution in [-0.4, -0.2) is 17.4 Å². The Morgan fingerprint density at radius 1 is 1.38 bits per heavy atom. The Hall–Kier alpha value is -2.94. The van der Waals surface area contributed by atoms with Gasteiger partial charge in [0.05, 0.1) is 11.3 Å². The first-order valence-corrected chi connectivity index (χ1v) is 6.35. The van der Waals surface area contributed by atoms with E-state index < -0.39 is 11.7 Å². The molecule has 5 nitrogen and oxygen atoms in total. The molecule has 0 spiro atoms. The predicted molar refractivity (Wildman–Crippen MR) is 77.5 cm³/mol. The van der Waals surface area contributed by atoms with E-state index in [1.807, 2.05) is 13.0 Å². The van der Waals surface area contributed by atoms with E-state index in [9.17, 15) is 9.18 Å². The zero-order valence-electron chi connectivity index (χ0n) is 11.4. The maximum absolute atomic E-state index is 13.0. The Morgan fingerprint density at radius 2 is 2.19 bits per heavy atom. The maximum Gasteiger partial charge on any atom is 0.274 e. The number of carbonyl (C=O) groups excluding carboxylic acids is 1. The molecule has 106 valence electrons. The van der Waals surface area contributed by atoms with Crippen molar-refractivity contribution in [1.82, 2.24) is 4.98 Å². The molecule has 1 aromatic heterocycles. The molecule has 6 heteroatoms. The second-order valence-corrected chi connectivity index (χ2v) is 4.22. The third-order valence-corrected chi connectivity index (χ3v) is 2.72. The van der Waals surface area contributed by atoms with E-state index in [1.54, 1.807) is 12.1 Å². The average molecular weight is 284 g/mol. The zero-order valence-corrected chi connectivity index (χ0v) is 11.4. The van der Waals surface area contributed by atoms with Crippen molar-refractivity contribution in [3.63, 3.8) is 0 Å². The second-order valence-electron chi connectivity index (χ2n) is 4.22. The highest BCUT2D eigenvalue weighted by Crippen LogP contribution is 2.17. The Morgan fingerprint density at radius 3 is 2.90 bits per heavy atom. The third-order valence-electron chi connectivity index (χ3n) is 2.72. The molecule has 0 aliphatic heterocycles. The van der Waals surface area contributed by atoms with Crippen molar-refractivity contribution in [3.8, 4) is 6.07 Å². The predicted octanol–water partition coefficient (Wildman–Crippen LogP) is 2.78. The van der Waals surface area contributed by atoms with Crippen molar-refractivity contribution in [3.05, 3.63) is 53.6 Å². The molecule has 1 heterocycles. The number of benzene rings is 1. The Labute approximate surface area is 121 Å². The summed E-state index contributed by atoms with van der Waals surface area (Å²) in [5, 5.41) is 14.6. The Balaban J connectivity index is 2.22. The highest BCUT2D eigenvalue weighted by molar-refractivity contribution is 6.04. The van der Waals surface area contributed by atoms with Crippen LogP contribution in [0.3, 0.4) is 0 Å². The molecule has 2 rings (SSSR count). The van der Waals surface area contributed by atoms with Crippen LogP contribution in [0.4, 0.5) is 15.8 Å². The standard InChI is InChI=1S/C15H13FN4O/c1-2-18-12-5-6-19-14(8-12)15(21)20-13-4-3-11(16)7-10(13)9-17/h3-8H,2H2,1H3,(H,18,19)(H,20,21). The summed E-state index contributed by atoms with van der Waals surface area (Å²) in [4.78, 5) is 16.1. The second kappa shape index (κ2) is 6.48. The van der Waals surface area contributed by atoms with E-state index in [4.69, 9.17) is 5.26 Å². The van der Waals surface area contributed by atoms with Crippen LogP contribution < -0.4 is 10.6 Å². The number of carbonyl (C=O) groups is 1. The van der Waals surface area contributed by atoms with Gasteiger partial charge in [0.15, 0.2) is 0 Å². The van der Waals surface area contributed by atoms with E-state index in [0.29, 0.717) is 0 Å². The van der Waals surface area contributed by atoms with E-state index in [0.717, 1.165) is 18.3 Å². The van der Waals surface area contributed by atoms with E-state index in [1.165, 1.54) is 18.3 Å². The maximum atomic E-state index is 13.0. The van der Waals surface area contributed by atoms with Crippen molar-refractivity contribution < 1.29 is 9.18 Å². The molecule has 21 heavy (non-hydrogen) atoms. The van der Waals surface area contributed by atoms with Gasteiger partial charge in [-0.3, -0.25) is 9.78 Å². The zero-order chi connectivity index (χ0) is 15.2. The van der Waals surface area contributed by atoms with Crippen LogP contribution in [0.15, 0.2) is 36.5 Å². The van der Waals surface area contributed by atoms with Crippen LogP contribution in [0.5, 0.6) is 0 Å². The van der Waals surface area contributed by atoms with Gasteiger partial charge in [0.1, 0.15) is 17.6 Å². The first-order chi connectivity index (χ1) is 10.1. The molecular weight excluding hydrogens is 271 g/mol. The molecule has 0 atom stereocenters. The fourth-order valence-corrected chi connectivity index (χ4v) is 1.77. The smallest absolute Gasteiger partial charge is 0.274 e. The minimum absolute atomic E-state index is 0.0613. The first kappa shape index (κ1) is 14.5. The molecule has 0 radical (unpaired) electrons. The summed E-state index contributed by atoms with van der Waals surface area (Å²) in [6.07, 6.45) is 1.52. The van der Waals surface area contributed by atoms with Crippen molar-refractivity contribution in [1.29, 1.82) is 5.26 Å². The van der Waals surface area contributed by atoms with Crippen LogP contribution in [0.1, 0.15) is 23.0 Å². The molecule has 0 aliphatic carbocycles. The number of pyridine rings is 1. The van der Waals surface area contributed by atoms with Gasteiger partial charge in [0, 0.05) is 18.4 Å². The Kier molecular flexibility index (Phi) is 4.46. The van der Waals surface area contributed by atoms with E-state index in [2.05, 4.69) is 15.6 Å². The molecule has 1 aromatic carbocycles. The molecule has 0 aliphatic rings. The van der Waals surface area contributed by atoms with Gasteiger partial charge in [0.2, 0.25) is 0 Å². The van der Waals surface area contributed by atoms with Gasteiger partial charge in [-0.05, 0) is 37.3 Å². The number of nitriles is 1. The number of hydrogen-bond acceptors (Lipinski definition) is 4. The molecule has 0 saturated carbocycles.